The molecule has 1 amide bonds. The van der Waals surface area contributed by atoms with Crippen LogP contribution in [0.15, 0.2) is 40.9 Å². The van der Waals surface area contributed by atoms with Crippen molar-refractivity contribution in [1.82, 2.24) is 0 Å². The van der Waals surface area contributed by atoms with E-state index in [1.54, 1.807) is 0 Å². The van der Waals surface area contributed by atoms with Gasteiger partial charge in [0.2, 0.25) is 0 Å². The Morgan fingerprint density at radius 3 is 2.58 bits per heavy atom. The van der Waals surface area contributed by atoms with Crippen molar-refractivity contribution in [3.8, 4) is 5.75 Å². The van der Waals surface area contributed by atoms with Crippen LogP contribution in [0.3, 0.4) is 0 Å². The van der Waals surface area contributed by atoms with Crippen molar-refractivity contribution in [3.63, 3.8) is 0 Å². The number of amides is 1. The second kappa shape index (κ2) is 5.36. The van der Waals surface area contributed by atoms with Crippen molar-refractivity contribution < 1.29 is 18.7 Å². The molecule has 0 aromatic heterocycles. The van der Waals surface area contributed by atoms with Gasteiger partial charge >= 0.3 is 0 Å². The molecule has 19 heavy (non-hydrogen) atoms. The quantitative estimate of drug-likeness (QED) is 0.826. The number of hydrogen-bond donors (Lipinski definition) is 2. The molecule has 6 heteroatoms. The summed E-state index contributed by atoms with van der Waals surface area (Å²) in [5.41, 5.74) is -0.187. The highest BCUT2D eigenvalue weighted by Gasteiger charge is 2.15. The third-order valence-electron chi connectivity index (χ3n) is 2.41. The number of anilines is 1. The van der Waals surface area contributed by atoms with Gasteiger partial charge in [-0.25, -0.2) is 8.78 Å². The van der Waals surface area contributed by atoms with Crippen LogP contribution in [-0.4, -0.2) is 11.0 Å². The van der Waals surface area contributed by atoms with Crippen LogP contribution in [0.4, 0.5) is 14.5 Å². The van der Waals surface area contributed by atoms with Crippen LogP contribution in [0.5, 0.6) is 5.75 Å². The van der Waals surface area contributed by atoms with Gasteiger partial charge in [0.15, 0.2) is 5.82 Å². The third kappa shape index (κ3) is 2.90. The number of phenols is 1. The molecule has 0 radical (unpaired) electrons. The molecule has 0 aliphatic carbocycles. The monoisotopic (exact) mass is 327 g/mol. The lowest BCUT2D eigenvalue weighted by Gasteiger charge is -2.09. The summed E-state index contributed by atoms with van der Waals surface area (Å²) in [6.07, 6.45) is 0. The summed E-state index contributed by atoms with van der Waals surface area (Å²) < 4.78 is 26.6. The average molecular weight is 328 g/mol. The molecule has 0 aliphatic heterocycles. The number of rotatable bonds is 2. The summed E-state index contributed by atoms with van der Waals surface area (Å²) in [5.74, 6) is -2.30. The van der Waals surface area contributed by atoms with Gasteiger partial charge in [-0.3, -0.25) is 4.79 Å². The Hall–Kier alpha value is -1.95. The standard InChI is InChI=1S/C13H8BrF2NO2/c14-9-6-7(15)4-5-8(9)13(19)17-12-10(16)2-1-3-11(12)18/h1-6,18H,(H,17,19). The van der Waals surface area contributed by atoms with Crippen LogP contribution in [0.25, 0.3) is 0 Å². The number of halogens is 3. The van der Waals surface area contributed by atoms with Gasteiger partial charge < -0.3 is 10.4 Å². The number of carbonyl (C=O) groups excluding carboxylic acids is 1. The fourth-order valence-electron chi connectivity index (χ4n) is 1.49. The number of carbonyl (C=O) groups is 1. The molecule has 98 valence electrons. The van der Waals surface area contributed by atoms with E-state index in [1.807, 2.05) is 0 Å². The highest BCUT2D eigenvalue weighted by Crippen LogP contribution is 2.27. The molecule has 0 spiro atoms. The van der Waals surface area contributed by atoms with Gasteiger partial charge in [-0.15, -0.1) is 0 Å². The Balaban J connectivity index is 2.31. The van der Waals surface area contributed by atoms with Crippen molar-refractivity contribution in [2.45, 2.75) is 0 Å². The zero-order valence-corrected chi connectivity index (χ0v) is 11.0. The van der Waals surface area contributed by atoms with E-state index in [-0.39, 0.29) is 21.5 Å². The molecule has 0 heterocycles. The molecule has 0 unspecified atom stereocenters. The normalized spacial score (nSPS) is 10.3. The molecule has 2 N–H and O–H groups in total. The molecule has 0 atom stereocenters. The first-order valence-electron chi connectivity index (χ1n) is 5.23. The molecule has 2 rings (SSSR count). The first-order chi connectivity index (χ1) is 8.99. The van der Waals surface area contributed by atoms with Gasteiger partial charge in [0.25, 0.3) is 5.91 Å². The van der Waals surface area contributed by atoms with Crippen LogP contribution in [0.1, 0.15) is 10.4 Å². The highest BCUT2D eigenvalue weighted by molar-refractivity contribution is 9.10. The Morgan fingerprint density at radius 1 is 1.21 bits per heavy atom. The zero-order chi connectivity index (χ0) is 14.0. The summed E-state index contributed by atoms with van der Waals surface area (Å²) in [6.45, 7) is 0. The van der Waals surface area contributed by atoms with E-state index >= 15 is 0 Å². The van der Waals surface area contributed by atoms with Gasteiger partial charge in [0.1, 0.15) is 17.3 Å². The number of benzene rings is 2. The van der Waals surface area contributed by atoms with Crippen molar-refractivity contribution >= 4 is 27.5 Å². The lowest BCUT2D eigenvalue weighted by atomic mass is 10.2. The third-order valence-corrected chi connectivity index (χ3v) is 3.06. The Morgan fingerprint density at radius 2 is 1.95 bits per heavy atom. The first kappa shape index (κ1) is 13.5. The van der Waals surface area contributed by atoms with Gasteiger partial charge in [-0.05, 0) is 46.3 Å². The van der Waals surface area contributed by atoms with Crippen molar-refractivity contribution in [3.05, 3.63) is 58.1 Å². The number of para-hydroxylation sites is 1. The second-order valence-electron chi connectivity index (χ2n) is 3.71. The molecule has 0 fully saturated rings. The summed E-state index contributed by atoms with van der Waals surface area (Å²) in [5, 5.41) is 11.7. The van der Waals surface area contributed by atoms with Crippen molar-refractivity contribution in [2.24, 2.45) is 0 Å². The lowest BCUT2D eigenvalue weighted by Crippen LogP contribution is -2.14. The van der Waals surface area contributed by atoms with E-state index in [1.165, 1.54) is 18.2 Å². The first-order valence-corrected chi connectivity index (χ1v) is 6.02. The molecule has 0 aliphatic rings. The zero-order valence-electron chi connectivity index (χ0n) is 9.45. The molecular weight excluding hydrogens is 320 g/mol. The molecule has 0 saturated heterocycles. The van der Waals surface area contributed by atoms with Gasteiger partial charge in [0.05, 0.1) is 5.56 Å². The van der Waals surface area contributed by atoms with Crippen LogP contribution in [0.2, 0.25) is 0 Å². The van der Waals surface area contributed by atoms with Gasteiger partial charge in [-0.2, -0.15) is 0 Å². The maximum absolute atomic E-state index is 13.4. The van der Waals surface area contributed by atoms with E-state index < -0.39 is 17.5 Å². The molecule has 3 nitrogen and oxygen atoms in total. The SMILES string of the molecule is O=C(Nc1c(O)cccc1F)c1ccc(F)cc1Br. The fraction of sp³-hybridized carbons (Fsp3) is 0. The number of phenolic OH excluding ortho intramolecular Hbond substituents is 1. The lowest BCUT2D eigenvalue weighted by molar-refractivity contribution is 0.102. The maximum atomic E-state index is 13.4. The average Bonchev–Trinajstić information content (AvgIpc) is 2.33. The fourth-order valence-corrected chi connectivity index (χ4v) is 2.02. The predicted molar refractivity (Wildman–Crippen MR) is 70.1 cm³/mol. The number of hydrogen-bond acceptors (Lipinski definition) is 2. The largest absolute Gasteiger partial charge is 0.506 e. The molecule has 2 aromatic carbocycles. The number of aromatic hydroxyl groups is 1. The van der Waals surface area contributed by atoms with E-state index in [2.05, 4.69) is 21.2 Å². The molecule has 0 bridgehead atoms. The summed E-state index contributed by atoms with van der Waals surface area (Å²) in [7, 11) is 0. The summed E-state index contributed by atoms with van der Waals surface area (Å²) >= 11 is 3.04. The molecular formula is C13H8BrF2NO2. The Labute approximate surface area is 116 Å². The van der Waals surface area contributed by atoms with Crippen LogP contribution in [0, 0.1) is 11.6 Å². The van der Waals surface area contributed by atoms with Crippen molar-refractivity contribution in [1.29, 1.82) is 0 Å². The van der Waals surface area contributed by atoms with E-state index in [0.717, 1.165) is 18.2 Å². The van der Waals surface area contributed by atoms with Crippen LogP contribution >= 0.6 is 15.9 Å². The Kier molecular flexibility index (Phi) is 3.80. The minimum Gasteiger partial charge on any atom is -0.506 e. The predicted octanol–water partition coefficient (Wildman–Crippen LogP) is 3.69. The topological polar surface area (TPSA) is 49.3 Å². The molecule has 2 aromatic rings. The van der Waals surface area contributed by atoms with Crippen LogP contribution in [-0.2, 0) is 0 Å². The van der Waals surface area contributed by atoms with Gasteiger partial charge in [0, 0.05) is 4.47 Å². The number of nitrogens with one attached hydrogen (secondary N) is 1. The summed E-state index contributed by atoms with van der Waals surface area (Å²) in [4.78, 5) is 11.9. The minimum atomic E-state index is -0.758. The van der Waals surface area contributed by atoms with E-state index in [0.29, 0.717) is 0 Å². The molecule has 0 saturated carbocycles. The smallest absolute Gasteiger partial charge is 0.256 e. The minimum absolute atomic E-state index is 0.129. The van der Waals surface area contributed by atoms with E-state index in [4.69, 9.17) is 0 Å². The van der Waals surface area contributed by atoms with Crippen molar-refractivity contribution in [2.75, 3.05) is 5.32 Å². The second-order valence-corrected chi connectivity index (χ2v) is 4.57. The van der Waals surface area contributed by atoms with Crippen LogP contribution < -0.4 is 5.32 Å². The highest BCUT2D eigenvalue weighted by atomic mass is 79.9. The van der Waals surface area contributed by atoms with Gasteiger partial charge in [-0.1, -0.05) is 6.07 Å². The Bertz CT molecular complexity index is 626. The summed E-state index contributed by atoms with van der Waals surface area (Å²) in [6, 6.07) is 7.16. The van der Waals surface area contributed by atoms with E-state index in [9.17, 15) is 18.7 Å². The maximum Gasteiger partial charge on any atom is 0.256 e.